The molecule has 1 saturated heterocycles. The van der Waals surface area contributed by atoms with Crippen LogP contribution in [0, 0.1) is 23.6 Å². The molecule has 0 atom stereocenters. The number of halogens is 4. The smallest absolute Gasteiger partial charge is 0.417 e. The Morgan fingerprint density at radius 2 is 1.71 bits per heavy atom. The Morgan fingerprint density at radius 3 is 2.32 bits per heavy atom. The van der Waals surface area contributed by atoms with Gasteiger partial charge in [-0.3, -0.25) is 0 Å². The van der Waals surface area contributed by atoms with Crippen LogP contribution in [0.25, 0.3) is 0 Å². The molecular weight excluding hydrogens is 437 g/mol. The molecule has 1 nitrogen and oxygen atoms in total. The van der Waals surface area contributed by atoms with Crippen LogP contribution in [-0.2, 0) is 6.42 Å². The van der Waals surface area contributed by atoms with E-state index in [0.717, 1.165) is 42.6 Å². The minimum atomic E-state index is -3.89. The van der Waals surface area contributed by atoms with Crippen LogP contribution in [0.4, 0.5) is 13.2 Å². The van der Waals surface area contributed by atoms with E-state index in [1.165, 1.54) is 63.5 Å². The van der Waals surface area contributed by atoms with E-state index in [9.17, 15) is 13.2 Å². The monoisotopic (exact) mass is 474 g/mol. The number of hydrogen-bond donors (Lipinski definition) is 0. The van der Waals surface area contributed by atoms with Gasteiger partial charge in [-0.05, 0) is 61.1 Å². The van der Waals surface area contributed by atoms with E-state index in [1.54, 1.807) is 24.2 Å². The lowest BCUT2D eigenvalue weighted by Gasteiger charge is -2.37. The quantitative estimate of drug-likeness (QED) is 0.187. The Bertz CT molecular complexity index is 665. The molecule has 2 fully saturated rings. The van der Waals surface area contributed by atoms with E-state index in [-0.39, 0.29) is 8.80 Å². The maximum atomic E-state index is 13.9. The fraction of sp³-hybridized carbons (Fsp3) is 0.760. The number of aryl methyl sites for hydroxylation is 1. The summed E-state index contributed by atoms with van der Waals surface area (Å²) in [6.07, 6.45) is 14.2. The molecule has 1 aromatic carbocycles. The molecule has 1 aliphatic heterocycles. The van der Waals surface area contributed by atoms with Gasteiger partial charge in [0.15, 0.2) is 11.6 Å². The summed E-state index contributed by atoms with van der Waals surface area (Å²) in [7, 11) is -0.362. The molecule has 3 rings (SSSR count). The van der Waals surface area contributed by atoms with Crippen LogP contribution >= 0.6 is 11.6 Å². The molecule has 0 bridgehead atoms. The first kappa shape index (κ1) is 24.9. The summed E-state index contributed by atoms with van der Waals surface area (Å²) in [6.45, 7) is 2.34. The lowest BCUT2D eigenvalue weighted by Crippen LogP contribution is -2.28. The van der Waals surface area contributed by atoms with Crippen molar-refractivity contribution in [2.24, 2.45) is 17.8 Å². The first-order valence-electron chi connectivity index (χ1n) is 12.4. The van der Waals surface area contributed by atoms with E-state index in [0.29, 0.717) is 0 Å². The standard InChI is InChI=1S/C25H38ClF3OSi/c1-2-15-31-16-13-22(14-17-31)21-10-7-19(8-11-21)5-3-4-6-20-9-12-24(23(27)18-20)30-25(26,28)29/h9,12,18-19,21-22,31H,2-8,10-11,13-17H2,1H3/t19-,21-,22-,31-. The predicted octanol–water partition coefficient (Wildman–Crippen LogP) is 8.56. The molecular formula is C25H38ClF3OSi. The van der Waals surface area contributed by atoms with Crippen LogP contribution in [0.5, 0.6) is 5.75 Å². The third-order valence-corrected chi connectivity index (χ3v) is 11.5. The van der Waals surface area contributed by atoms with Crippen LogP contribution < -0.4 is 4.74 Å². The maximum absolute atomic E-state index is 13.9. The number of ether oxygens (including phenoxy) is 1. The minimum absolute atomic E-state index is 0.362. The molecule has 0 amide bonds. The van der Waals surface area contributed by atoms with Crippen molar-refractivity contribution in [1.82, 2.24) is 0 Å². The van der Waals surface area contributed by atoms with Crippen molar-refractivity contribution in [1.29, 1.82) is 0 Å². The molecule has 31 heavy (non-hydrogen) atoms. The Kier molecular flexibility index (Phi) is 9.63. The van der Waals surface area contributed by atoms with E-state index in [4.69, 9.17) is 11.6 Å². The Hall–Kier alpha value is -0.683. The van der Waals surface area contributed by atoms with Crippen molar-refractivity contribution in [3.63, 3.8) is 0 Å². The van der Waals surface area contributed by atoms with Crippen LogP contribution in [0.3, 0.4) is 0 Å². The van der Waals surface area contributed by atoms with Crippen molar-refractivity contribution in [2.45, 2.75) is 101 Å². The summed E-state index contributed by atoms with van der Waals surface area (Å²) in [5.41, 5.74) is -3.08. The van der Waals surface area contributed by atoms with Crippen molar-refractivity contribution in [3.8, 4) is 5.75 Å². The second-order valence-corrected chi connectivity index (χ2v) is 13.8. The molecule has 1 aromatic rings. The highest BCUT2D eigenvalue weighted by Crippen LogP contribution is 2.42. The zero-order valence-electron chi connectivity index (χ0n) is 18.9. The molecule has 176 valence electrons. The van der Waals surface area contributed by atoms with E-state index in [2.05, 4.69) is 11.7 Å². The average Bonchev–Trinajstić information content (AvgIpc) is 2.73. The summed E-state index contributed by atoms with van der Waals surface area (Å²) in [5, 5.41) is 0. The summed E-state index contributed by atoms with van der Waals surface area (Å²) >= 11 is 4.71. The Labute approximate surface area is 192 Å². The Balaban J connectivity index is 1.31. The van der Waals surface area contributed by atoms with Gasteiger partial charge in [0.25, 0.3) is 0 Å². The van der Waals surface area contributed by atoms with Gasteiger partial charge in [-0.2, -0.15) is 0 Å². The molecule has 1 aliphatic carbocycles. The van der Waals surface area contributed by atoms with Crippen molar-refractivity contribution in [2.75, 3.05) is 0 Å². The summed E-state index contributed by atoms with van der Waals surface area (Å²) in [6, 6.07) is 8.92. The van der Waals surface area contributed by atoms with Gasteiger partial charge in [-0.15, -0.1) is 8.78 Å². The Morgan fingerprint density at radius 1 is 1.03 bits per heavy atom. The molecule has 0 radical (unpaired) electrons. The van der Waals surface area contributed by atoms with Crippen LogP contribution in [-0.4, -0.2) is 14.4 Å². The lowest BCUT2D eigenvalue weighted by molar-refractivity contribution is -0.0984. The minimum Gasteiger partial charge on any atom is -0.417 e. The second-order valence-electron chi connectivity index (χ2n) is 9.91. The summed E-state index contributed by atoms with van der Waals surface area (Å²) in [4.78, 5) is 0. The lowest BCUT2D eigenvalue weighted by atomic mass is 9.73. The second kappa shape index (κ2) is 12.0. The molecule has 1 saturated carbocycles. The first-order valence-corrected chi connectivity index (χ1v) is 15.2. The fourth-order valence-electron chi connectivity index (χ4n) is 5.97. The molecule has 2 aliphatic rings. The van der Waals surface area contributed by atoms with Gasteiger partial charge in [-0.1, -0.05) is 76.1 Å². The molecule has 0 unspecified atom stereocenters. The highest BCUT2D eigenvalue weighted by atomic mass is 35.5. The van der Waals surface area contributed by atoms with Crippen LogP contribution in [0.1, 0.15) is 76.7 Å². The average molecular weight is 475 g/mol. The third-order valence-electron chi connectivity index (χ3n) is 7.70. The zero-order chi connectivity index (χ0) is 22.3. The van der Waals surface area contributed by atoms with Gasteiger partial charge in [-0.25, -0.2) is 4.39 Å². The van der Waals surface area contributed by atoms with Crippen molar-refractivity contribution >= 4 is 20.4 Å². The molecule has 0 aromatic heterocycles. The molecule has 0 spiro atoms. The van der Waals surface area contributed by atoms with Gasteiger partial charge in [0.05, 0.1) is 0 Å². The molecule has 0 N–H and O–H groups in total. The van der Waals surface area contributed by atoms with Gasteiger partial charge >= 0.3 is 5.57 Å². The van der Waals surface area contributed by atoms with Crippen molar-refractivity contribution < 1.29 is 17.9 Å². The number of rotatable bonds is 10. The molecule has 6 heteroatoms. The zero-order valence-corrected chi connectivity index (χ0v) is 20.8. The predicted molar refractivity (Wildman–Crippen MR) is 125 cm³/mol. The normalized spacial score (nSPS) is 27.3. The van der Waals surface area contributed by atoms with Gasteiger partial charge in [0.2, 0.25) is 0 Å². The molecule has 1 heterocycles. The van der Waals surface area contributed by atoms with Gasteiger partial charge in [0.1, 0.15) is 0 Å². The van der Waals surface area contributed by atoms with E-state index in [1.807, 2.05) is 0 Å². The first-order chi connectivity index (χ1) is 14.8. The number of benzene rings is 1. The third kappa shape index (κ3) is 8.31. The summed E-state index contributed by atoms with van der Waals surface area (Å²) in [5.74, 6) is 1.55. The largest absolute Gasteiger partial charge is 0.487 e. The van der Waals surface area contributed by atoms with E-state index >= 15 is 0 Å². The number of alkyl halides is 3. The highest BCUT2D eigenvalue weighted by Gasteiger charge is 2.31. The maximum Gasteiger partial charge on any atom is 0.487 e. The summed E-state index contributed by atoms with van der Waals surface area (Å²) < 4.78 is 43.4. The van der Waals surface area contributed by atoms with E-state index < -0.39 is 17.1 Å². The van der Waals surface area contributed by atoms with Crippen molar-refractivity contribution in [3.05, 3.63) is 29.6 Å². The van der Waals surface area contributed by atoms with Crippen LogP contribution in [0.15, 0.2) is 18.2 Å². The topological polar surface area (TPSA) is 9.23 Å². The van der Waals surface area contributed by atoms with Crippen LogP contribution in [0.2, 0.25) is 18.1 Å². The van der Waals surface area contributed by atoms with Gasteiger partial charge < -0.3 is 4.74 Å². The SMILES string of the molecule is CCC[Si@H]1CC[C@H]([C@H]2CC[C@H](CCCCc3ccc(OC(F)(F)Cl)c(F)c3)CC2)CC1. The number of unbranched alkanes of at least 4 members (excludes halogenated alkanes) is 1. The number of hydrogen-bond acceptors (Lipinski definition) is 1. The van der Waals surface area contributed by atoms with Gasteiger partial charge in [0, 0.05) is 20.4 Å². The highest BCUT2D eigenvalue weighted by molar-refractivity contribution is 6.58. The fourth-order valence-corrected chi connectivity index (χ4v) is 9.54.